The van der Waals surface area contributed by atoms with Crippen LogP contribution in [0.4, 0.5) is 0 Å². The lowest BCUT2D eigenvalue weighted by Crippen LogP contribution is -2.12. The molecule has 1 saturated carbocycles. The van der Waals surface area contributed by atoms with Gasteiger partial charge < -0.3 is 9.47 Å². The predicted molar refractivity (Wildman–Crippen MR) is 77.2 cm³/mol. The first kappa shape index (κ1) is 17.0. The van der Waals surface area contributed by atoms with Crippen LogP contribution in [-0.4, -0.2) is 25.2 Å². The second-order valence-corrected chi connectivity index (χ2v) is 6.12. The zero-order chi connectivity index (χ0) is 14.8. The molecule has 0 N–H and O–H groups in total. The maximum absolute atomic E-state index is 11.5. The normalized spacial score (nSPS) is 15.6. The van der Waals surface area contributed by atoms with Gasteiger partial charge in [0.25, 0.3) is 0 Å². The van der Waals surface area contributed by atoms with E-state index in [1.54, 1.807) is 0 Å². The summed E-state index contributed by atoms with van der Waals surface area (Å²) in [7, 11) is 0. The van der Waals surface area contributed by atoms with E-state index in [0.29, 0.717) is 50.7 Å². The molecule has 0 amide bonds. The van der Waals surface area contributed by atoms with E-state index in [1.807, 2.05) is 13.8 Å². The number of esters is 2. The highest BCUT2D eigenvalue weighted by Crippen LogP contribution is 2.24. The lowest BCUT2D eigenvalue weighted by molar-refractivity contribution is -0.147. The maximum atomic E-state index is 11.5. The number of carbonyl (C=O) groups excluding carboxylic acids is 2. The first-order chi connectivity index (χ1) is 9.58. The van der Waals surface area contributed by atoms with Gasteiger partial charge in [0.05, 0.1) is 13.2 Å². The van der Waals surface area contributed by atoms with Crippen molar-refractivity contribution >= 4 is 11.9 Å². The molecule has 0 aromatic rings. The van der Waals surface area contributed by atoms with Gasteiger partial charge in [0, 0.05) is 12.8 Å². The van der Waals surface area contributed by atoms with Crippen LogP contribution in [0.1, 0.15) is 65.2 Å². The number of hydrogen-bond acceptors (Lipinski definition) is 4. The summed E-state index contributed by atoms with van der Waals surface area (Å²) in [6.07, 6.45) is 7.09. The van der Waals surface area contributed by atoms with Gasteiger partial charge >= 0.3 is 11.9 Å². The average Bonchev–Trinajstić information content (AvgIpc) is 2.92. The monoisotopic (exact) mass is 284 g/mol. The van der Waals surface area contributed by atoms with E-state index in [2.05, 4.69) is 0 Å². The third-order valence-corrected chi connectivity index (χ3v) is 3.54. The van der Waals surface area contributed by atoms with Crippen molar-refractivity contribution in [2.45, 2.75) is 65.2 Å². The quantitative estimate of drug-likeness (QED) is 0.480. The van der Waals surface area contributed by atoms with Crippen molar-refractivity contribution in [2.24, 2.45) is 11.8 Å². The van der Waals surface area contributed by atoms with E-state index in [-0.39, 0.29) is 11.9 Å². The summed E-state index contributed by atoms with van der Waals surface area (Å²) in [6, 6.07) is 0. The van der Waals surface area contributed by atoms with Gasteiger partial charge in [-0.25, -0.2) is 0 Å². The highest BCUT2D eigenvalue weighted by atomic mass is 16.5. The molecule has 0 atom stereocenters. The fourth-order valence-electron chi connectivity index (χ4n) is 2.33. The van der Waals surface area contributed by atoms with Crippen LogP contribution in [0.5, 0.6) is 0 Å². The van der Waals surface area contributed by atoms with E-state index < -0.39 is 0 Å². The van der Waals surface area contributed by atoms with Crippen molar-refractivity contribution in [1.82, 2.24) is 0 Å². The molecule has 4 nitrogen and oxygen atoms in total. The Hall–Kier alpha value is -1.06. The lowest BCUT2D eigenvalue weighted by atomic mass is 10.1. The van der Waals surface area contributed by atoms with Crippen molar-refractivity contribution in [3.63, 3.8) is 0 Å². The zero-order valence-electron chi connectivity index (χ0n) is 12.9. The SMILES string of the molecule is CC(C)COC(=O)CCCCC(=O)OCC1CCCC1. The molecule has 0 bridgehead atoms. The van der Waals surface area contributed by atoms with E-state index in [4.69, 9.17) is 9.47 Å². The highest BCUT2D eigenvalue weighted by Gasteiger charge is 2.16. The van der Waals surface area contributed by atoms with Crippen LogP contribution in [-0.2, 0) is 19.1 Å². The van der Waals surface area contributed by atoms with E-state index in [1.165, 1.54) is 25.7 Å². The van der Waals surface area contributed by atoms with Gasteiger partial charge in [-0.1, -0.05) is 26.7 Å². The topological polar surface area (TPSA) is 52.6 Å². The van der Waals surface area contributed by atoms with Crippen LogP contribution in [0.2, 0.25) is 0 Å². The third-order valence-electron chi connectivity index (χ3n) is 3.54. The van der Waals surface area contributed by atoms with Crippen LogP contribution < -0.4 is 0 Å². The lowest BCUT2D eigenvalue weighted by Gasteiger charge is -2.10. The molecule has 0 radical (unpaired) electrons. The second-order valence-electron chi connectivity index (χ2n) is 6.12. The molecule has 20 heavy (non-hydrogen) atoms. The third kappa shape index (κ3) is 8.18. The summed E-state index contributed by atoms with van der Waals surface area (Å²) >= 11 is 0. The minimum atomic E-state index is -0.168. The Balaban J connectivity index is 1.94. The van der Waals surface area contributed by atoms with Gasteiger partial charge in [0.15, 0.2) is 0 Å². The summed E-state index contributed by atoms with van der Waals surface area (Å²) in [4.78, 5) is 22.9. The van der Waals surface area contributed by atoms with Crippen molar-refractivity contribution in [3.8, 4) is 0 Å². The molecular formula is C16H28O4. The number of ether oxygens (including phenoxy) is 2. The van der Waals surface area contributed by atoms with Gasteiger partial charge in [0.1, 0.15) is 0 Å². The Labute approximate surface area is 122 Å². The molecule has 0 saturated heterocycles. The van der Waals surface area contributed by atoms with E-state index in [0.717, 1.165) is 0 Å². The van der Waals surface area contributed by atoms with Crippen LogP contribution in [0.3, 0.4) is 0 Å². The number of carbonyl (C=O) groups is 2. The molecule has 0 aromatic heterocycles. The minimum absolute atomic E-state index is 0.132. The summed E-state index contributed by atoms with van der Waals surface area (Å²) in [5.41, 5.74) is 0. The fourth-order valence-corrected chi connectivity index (χ4v) is 2.33. The Morgan fingerprint density at radius 3 is 2.10 bits per heavy atom. The van der Waals surface area contributed by atoms with Gasteiger partial charge in [-0.2, -0.15) is 0 Å². The standard InChI is InChI=1S/C16H28O4/c1-13(2)11-19-15(17)9-5-6-10-16(18)20-12-14-7-3-4-8-14/h13-14H,3-12H2,1-2H3. The largest absolute Gasteiger partial charge is 0.465 e. The van der Waals surface area contributed by atoms with Gasteiger partial charge in [-0.3, -0.25) is 9.59 Å². The maximum Gasteiger partial charge on any atom is 0.305 e. The smallest absolute Gasteiger partial charge is 0.305 e. The minimum Gasteiger partial charge on any atom is -0.465 e. The van der Waals surface area contributed by atoms with Crippen molar-refractivity contribution in [2.75, 3.05) is 13.2 Å². The van der Waals surface area contributed by atoms with Gasteiger partial charge in [0.2, 0.25) is 0 Å². The Bertz CT molecular complexity index is 293. The van der Waals surface area contributed by atoms with Gasteiger partial charge in [-0.15, -0.1) is 0 Å². The average molecular weight is 284 g/mol. The highest BCUT2D eigenvalue weighted by molar-refractivity contribution is 5.70. The second kappa shape index (κ2) is 9.78. The molecule has 1 rings (SSSR count). The molecule has 0 spiro atoms. The number of rotatable bonds is 9. The van der Waals surface area contributed by atoms with Crippen molar-refractivity contribution in [3.05, 3.63) is 0 Å². The first-order valence-corrected chi connectivity index (χ1v) is 7.89. The zero-order valence-corrected chi connectivity index (χ0v) is 12.9. The van der Waals surface area contributed by atoms with Crippen LogP contribution in [0.25, 0.3) is 0 Å². The van der Waals surface area contributed by atoms with Crippen molar-refractivity contribution in [1.29, 1.82) is 0 Å². The molecule has 1 aliphatic rings. The molecule has 0 heterocycles. The van der Waals surface area contributed by atoms with Crippen LogP contribution >= 0.6 is 0 Å². The summed E-state index contributed by atoms with van der Waals surface area (Å²) in [5.74, 6) is 0.639. The summed E-state index contributed by atoms with van der Waals surface area (Å²) in [5, 5.41) is 0. The van der Waals surface area contributed by atoms with Crippen molar-refractivity contribution < 1.29 is 19.1 Å². The molecule has 1 aliphatic carbocycles. The summed E-state index contributed by atoms with van der Waals surface area (Å²) in [6.45, 7) is 5.07. The van der Waals surface area contributed by atoms with E-state index in [9.17, 15) is 9.59 Å². The molecule has 116 valence electrons. The molecule has 4 heteroatoms. The molecule has 1 fully saturated rings. The van der Waals surface area contributed by atoms with E-state index >= 15 is 0 Å². The van der Waals surface area contributed by atoms with Gasteiger partial charge in [-0.05, 0) is 37.5 Å². The molecular weight excluding hydrogens is 256 g/mol. The molecule has 0 unspecified atom stereocenters. The molecule has 0 aromatic carbocycles. The first-order valence-electron chi connectivity index (χ1n) is 7.89. The predicted octanol–water partition coefficient (Wildman–Crippen LogP) is 3.48. The summed E-state index contributed by atoms with van der Waals surface area (Å²) < 4.78 is 10.3. The number of hydrogen-bond donors (Lipinski definition) is 0. The Kier molecular flexibility index (Phi) is 8.31. The Morgan fingerprint density at radius 2 is 1.55 bits per heavy atom. The van der Waals surface area contributed by atoms with Crippen LogP contribution in [0, 0.1) is 11.8 Å². The van der Waals surface area contributed by atoms with Crippen LogP contribution in [0.15, 0.2) is 0 Å². The number of unbranched alkanes of at least 4 members (excludes halogenated alkanes) is 1. The Morgan fingerprint density at radius 1 is 1.00 bits per heavy atom. The molecule has 0 aliphatic heterocycles. The fraction of sp³-hybridized carbons (Fsp3) is 0.875.